The molecule has 1 N–H and O–H groups in total. The highest BCUT2D eigenvalue weighted by Gasteiger charge is 2.55. The van der Waals surface area contributed by atoms with Gasteiger partial charge in [0.2, 0.25) is 0 Å². The zero-order valence-corrected chi connectivity index (χ0v) is 35.9. The van der Waals surface area contributed by atoms with Crippen LogP contribution in [0.3, 0.4) is 0 Å². The molecule has 1 fully saturated rings. The number of fused-ring (bicyclic) bond motifs is 4. The SMILES string of the molecule is COC(=O)C1(Nc2cccc(Cl)c2)CCC2(CC1)c1cc3c(cc1C[C@@H]2C[C@@H](C)COc1ccnc2c1[C@H](C)CCC2)OCCC(CCOSc1ccc(C)cc1)O3. The monoisotopic (exact) mass is 824 g/mol. The van der Waals surface area contributed by atoms with Crippen molar-refractivity contribution in [2.75, 3.05) is 32.2 Å². The zero-order chi connectivity index (χ0) is 40.3. The minimum Gasteiger partial charge on any atom is -0.493 e. The maximum absolute atomic E-state index is 13.7. The van der Waals surface area contributed by atoms with Crippen LogP contribution in [0.2, 0.25) is 5.02 Å². The molecule has 1 unspecified atom stereocenters. The van der Waals surface area contributed by atoms with Gasteiger partial charge in [-0.3, -0.25) is 4.98 Å². The molecule has 3 aromatic carbocycles. The number of rotatable bonds is 13. The van der Waals surface area contributed by atoms with Crippen molar-refractivity contribution in [3.63, 3.8) is 0 Å². The van der Waals surface area contributed by atoms with Gasteiger partial charge in [0.05, 0.1) is 26.9 Å². The topological polar surface area (TPSA) is 88.1 Å². The Morgan fingerprint density at radius 1 is 1.05 bits per heavy atom. The predicted octanol–water partition coefficient (Wildman–Crippen LogP) is 11.2. The van der Waals surface area contributed by atoms with Crippen molar-refractivity contribution < 1.29 is 27.9 Å². The van der Waals surface area contributed by atoms with Gasteiger partial charge in [0.15, 0.2) is 11.5 Å². The minimum absolute atomic E-state index is 0.0230. The summed E-state index contributed by atoms with van der Waals surface area (Å²) in [6.07, 6.45) is 11.6. The first kappa shape index (κ1) is 40.8. The molecule has 4 aromatic rings. The third-order valence-corrected chi connectivity index (χ3v) is 14.2. The van der Waals surface area contributed by atoms with E-state index in [-0.39, 0.29) is 17.5 Å². The van der Waals surface area contributed by atoms with E-state index in [0.717, 1.165) is 72.8 Å². The molecular weight excluding hydrogens is 768 g/mol. The van der Waals surface area contributed by atoms with Gasteiger partial charge in [-0.05, 0) is 148 Å². The Kier molecular flexibility index (Phi) is 12.5. The van der Waals surface area contributed by atoms with E-state index >= 15 is 0 Å². The molecule has 58 heavy (non-hydrogen) atoms. The second kappa shape index (κ2) is 17.7. The lowest BCUT2D eigenvalue weighted by Gasteiger charge is -2.47. The van der Waals surface area contributed by atoms with Crippen molar-refractivity contribution in [3.05, 3.63) is 106 Å². The van der Waals surface area contributed by atoms with Gasteiger partial charge in [-0.25, -0.2) is 4.79 Å². The average molecular weight is 826 g/mol. The van der Waals surface area contributed by atoms with Crippen LogP contribution in [0, 0.1) is 18.8 Å². The smallest absolute Gasteiger partial charge is 0.331 e. The molecule has 4 atom stereocenters. The Labute approximate surface area is 353 Å². The van der Waals surface area contributed by atoms with Gasteiger partial charge in [0.1, 0.15) is 17.4 Å². The number of esters is 1. The lowest BCUT2D eigenvalue weighted by atomic mass is 9.59. The number of pyridine rings is 1. The number of nitrogens with one attached hydrogen (secondary N) is 1. The molecule has 1 saturated carbocycles. The number of hydrogen-bond donors (Lipinski definition) is 1. The fraction of sp³-hybridized carbons (Fsp3) is 0.500. The van der Waals surface area contributed by atoms with Gasteiger partial charge < -0.3 is 28.4 Å². The normalized spacial score (nSPS) is 25.3. The minimum atomic E-state index is -0.864. The molecule has 1 aliphatic heterocycles. The van der Waals surface area contributed by atoms with Gasteiger partial charge in [0, 0.05) is 57.9 Å². The van der Waals surface area contributed by atoms with Crippen LogP contribution in [0.5, 0.6) is 17.2 Å². The Bertz CT molecular complexity index is 2070. The highest BCUT2D eigenvalue weighted by molar-refractivity contribution is 7.94. The van der Waals surface area contributed by atoms with Crippen LogP contribution in [0.4, 0.5) is 5.69 Å². The second-order valence-corrected chi connectivity index (χ2v) is 18.5. The third-order valence-electron chi connectivity index (χ3n) is 13.2. The molecular formula is C48H57ClN2O6S. The van der Waals surface area contributed by atoms with E-state index in [9.17, 15) is 4.79 Å². The first-order valence-electron chi connectivity index (χ1n) is 21.2. The van der Waals surface area contributed by atoms with Gasteiger partial charge in [-0.15, -0.1) is 0 Å². The van der Waals surface area contributed by atoms with Gasteiger partial charge >= 0.3 is 5.97 Å². The molecule has 0 saturated heterocycles. The van der Waals surface area contributed by atoms with E-state index < -0.39 is 5.54 Å². The summed E-state index contributed by atoms with van der Waals surface area (Å²) in [7, 11) is 1.49. The van der Waals surface area contributed by atoms with Crippen LogP contribution in [0.25, 0.3) is 0 Å². The fourth-order valence-electron chi connectivity index (χ4n) is 10.1. The number of hydrogen-bond acceptors (Lipinski definition) is 9. The Hall–Kier alpha value is -3.92. The predicted molar refractivity (Wildman–Crippen MR) is 231 cm³/mol. The van der Waals surface area contributed by atoms with Crippen LogP contribution in [0.15, 0.2) is 77.8 Å². The van der Waals surface area contributed by atoms with E-state index in [0.29, 0.717) is 55.4 Å². The van der Waals surface area contributed by atoms with Crippen LogP contribution < -0.4 is 19.5 Å². The van der Waals surface area contributed by atoms with Crippen LogP contribution >= 0.6 is 23.6 Å². The maximum atomic E-state index is 13.7. The summed E-state index contributed by atoms with van der Waals surface area (Å²) in [6.45, 7) is 8.52. The van der Waals surface area contributed by atoms with Crippen molar-refractivity contribution in [2.45, 2.75) is 119 Å². The van der Waals surface area contributed by atoms with Crippen LogP contribution in [-0.4, -0.2) is 49.5 Å². The van der Waals surface area contributed by atoms with Gasteiger partial charge in [-0.1, -0.05) is 49.2 Å². The number of halogens is 1. The van der Waals surface area contributed by atoms with Crippen molar-refractivity contribution in [3.8, 4) is 17.2 Å². The summed E-state index contributed by atoms with van der Waals surface area (Å²) in [6, 6.07) is 22.6. The molecule has 8 rings (SSSR count). The number of carbonyl (C=O) groups is 1. The van der Waals surface area contributed by atoms with Crippen LogP contribution in [-0.2, 0) is 32.0 Å². The Balaban J connectivity index is 1.03. The summed E-state index contributed by atoms with van der Waals surface area (Å²) in [5, 5.41) is 4.22. The highest BCUT2D eigenvalue weighted by atomic mass is 35.5. The Morgan fingerprint density at radius 2 is 1.88 bits per heavy atom. The maximum Gasteiger partial charge on any atom is 0.331 e. The van der Waals surface area contributed by atoms with Crippen molar-refractivity contribution in [2.24, 2.45) is 11.8 Å². The molecule has 8 nitrogen and oxygen atoms in total. The largest absolute Gasteiger partial charge is 0.493 e. The fourth-order valence-corrected chi connectivity index (χ4v) is 10.9. The van der Waals surface area contributed by atoms with Crippen molar-refractivity contribution in [1.29, 1.82) is 0 Å². The zero-order valence-electron chi connectivity index (χ0n) is 34.3. The molecule has 308 valence electrons. The number of ether oxygens (including phenoxy) is 4. The molecule has 4 aliphatic rings. The highest BCUT2D eigenvalue weighted by Crippen LogP contribution is 2.58. The summed E-state index contributed by atoms with van der Waals surface area (Å²) in [5.41, 5.74) is 6.17. The quantitative estimate of drug-likeness (QED) is 0.0804. The van der Waals surface area contributed by atoms with Crippen molar-refractivity contribution in [1.82, 2.24) is 4.98 Å². The lowest BCUT2D eigenvalue weighted by Crippen LogP contribution is -2.53. The number of benzene rings is 3. The van der Waals surface area contributed by atoms with Gasteiger partial charge in [0.25, 0.3) is 0 Å². The summed E-state index contributed by atoms with van der Waals surface area (Å²) in [4.78, 5) is 19.5. The standard InChI is InChI=1S/C48H57ClN2O6S/c1-31-11-13-39(14-12-31)58-56-24-17-38-16-23-54-43-27-34-26-35(25-32(2)30-55-42-15-22-50-41-10-5-7-33(3)45(41)42)47(40(34)29-44(43)57-38)18-20-48(21-19-47,46(52)53-4)51-37-9-6-8-36(49)28-37/h6,8-9,11-15,22,27-29,32-33,35,38,51H,5,7,10,16-21,23-26,30H2,1-4H3/t32-,33-,35+,38?,47?,48?/m1/s1. The molecule has 1 spiro atoms. The van der Waals surface area contributed by atoms with Crippen molar-refractivity contribution >= 4 is 35.3 Å². The summed E-state index contributed by atoms with van der Waals surface area (Å²) in [5.74, 6) is 3.50. The summed E-state index contributed by atoms with van der Waals surface area (Å²) < 4.78 is 31.4. The number of anilines is 1. The molecule has 3 aliphatic carbocycles. The first-order chi connectivity index (χ1) is 28.1. The van der Waals surface area contributed by atoms with E-state index in [1.807, 2.05) is 30.5 Å². The molecule has 2 heterocycles. The number of nitrogens with zero attached hydrogens (tertiary/aromatic N) is 1. The lowest BCUT2D eigenvalue weighted by molar-refractivity contribution is -0.148. The van der Waals surface area contributed by atoms with E-state index in [2.05, 4.69) is 68.6 Å². The van der Waals surface area contributed by atoms with E-state index in [1.165, 1.54) is 59.9 Å². The van der Waals surface area contributed by atoms with Gasteiger partial charge in [-0.2, -0.15) is 0 Å². The molecule has 10 heteroatoms. The Morgan fingerprint density at radius 3 is 2.67 bits per heavy atom. The van der Waals surface area contributed by atoms with E-state index in [4.69, 9.17) is 39.7 Å². The second-order valence-electron chi connectivity index (χ2n) is 17.2. The molecule has 0 bridgehead atoms. The molecule has 0 amide bonds. The molecule has 1 aromatic heterocycles. The number of aryl methyl sites for hydroxylation is 2. The first-order valence-corrected chi connectivity index (χ1v) is 22.3. The third kappa shape index (κ3) is 8.69. The summed E-state index contributed by atoms with van der Waals surface area (Å²) >= 11 is 7.81. The number of carbonyl (C=O) groups excluding carboxylic acids is 1. The number of aromatic nitrogens is 1. The van der Waals surface area contributed by atoms with E-state index in [1.54, 1.807) is 0 Å². The average Bonchev–Trinajstić information content (AvgIpc) is 3.34. The molecule has 0 radical (unpaired) electrons. The number of methoxy groups -OCH3 is 1. The van der Waals surface area contributed by atoms with Crippen LogP contribution in [0.1, 0.15) is 106 Å².